The number of hydrogen-bond acceptors (Lipinski definition) is 6. The van der Waals surface area contributed by atoms with Crippen molar-refractivity contribution in [2.24, 2.45) is 0 Å². The minimum absolute atomic E-state index is 0.122. The number of nitrogens with zero attached hydrogens (tertiary/aromatic N) is 2. The Morgan fingerprint density at radius 2 is 1.38 bits per heavy atom. The summed E-state index contributed by atoms with van der Waals surface area (Å²) in [5.74, 6) is -0.739. The van der Waals surface area contributed by atoms with Gasteiger partial charge in [0.25, 0.3) is 0 Å². The van der Waals surface area contributed by atoms with Gasteiger partial charge in [-0.05, 0) is 44.0 Å². The predicted molar refractivity (Wildman–Crippen MR) is 113 cm³/mol. The summed E-state index contributed by atoms with van der Waals surface area (Å²) in [6.07, 6.45) is -2.05. The molecule has 2 aromatic rings. The third-order valence-corrected chi connectivity index (χ3v) is 7.04. The largest absolute Gasteiger partial charge is 0.433 e. The van der Waals surface area contributed by atoms with Crippen LogP contribution in [0.2, 0.25) is 0 Å². The molecule has 0 aliphatic heterocycles. The third kappa shape index (κ3) is 8.81. The van der Waals surface area contributed by atoms with Crippen molar-refractivity contribution in [1.29, 1.82) is 0 Å². The highest BCUT2D eigenvalue weighted by Gasteiger charge is 2.32. The molecule has 0 aromatic carbocycles. The molecule has 0 bridgehead atoms. The van der Waals surface area contributed by atoms with Crippen LogP contribution in [0.25, 0.3) is 0 Å². The molecule has 13 heteroatoms. The summed E-state index contributed by atoms with van der Waals surface area (Å²) < 4.78 is 91.2. The zero-order chi connectivity index (χ0) is 24.2. The van der Waals surface area contributed by atoms with Crippen molar-refractivity contribution < 1.29 is 30.0 Å². The maximum Gasteiger partial charge on any atom is 0.433 e. The van der Waals surface area contributed by atoms with E-state index in [2.05, 4.69) is 19.4 Å². The van der Waals surface area contributed by atoms with E-state index in [4.69, 9.17) is 0 Å². The molecule has 8 nitrogen and oxygen atoms in total. The molecule has 0 aliphatic rings. The van der Waals surface area contributed by atoms with Gasteiger partial charge in [0.2, 0.25) is 20.0 Å². The molecular weight excluding hydrogens is 469 g/mol. The van der Waals surface area contributed by atoms with Gasteiger partial charge in [-0.25, -0.2) is 26.3 Å². The van der Waals surface area contributed by atoms with Gasteiger partial charge in [-0.2, -0.15) is 13.2 Å². The average Bonchev–Trinajstić information content (AvgIpc) is 2.60. The first-order valence-electron chi connectivity index (χ1n) is 9.61. The Labute approximate surface area is 185 Å². The monoisotopic (exact) mass is 494 g/mol. The van der Waals surface area contributed by atoms with Gasteiger partial charge < -0.3 is 0 Å². The van der Waals surface area contributed by atoms with Crippen LogP contribution in [0, 0.1) is 0 Å². The van der Waals surface area contributed by atoms with Gasteiger partial charge in [-0.1, -0.05) is 12.1 Å². The van der Waals surface area contributed by atoms with Crippen LogP contribution >= 0.6 is 0 Å². The molecule has 2 aromatic heterocycles. The van der Waals surface area contributed by atoms with Crippen LogP contribution in [0.1, 0.15) is 43.3 Å². The minimum atomic E-state index is -4.60. The van der Waals surface area contributed by atoms with Gasteiger partial charge in [0.1, 0.15) is 5.69 Å². The van der Waals surface area contributed by atoms with Crippen LogP contribution in [0.15, 0.2) is 36.7 Å². The van der Waals surface area contributed by atoms with Crippen molar-refractivity contribution in [3.63, 3.8) is 0 Å². The molecule has 2 rings (SSSR count). The number of pyridine rings is 2. The SMILES string of the molecule is CC(C)NS(=O)(=O)Cc1ccc(CC(C)NS(=O)(=O)Cc2ccc(C(F)(F)F)nc2)nc1. The average molecular weight is 495 g/mol. The Balaban J connectivity index is 1.94. The van der Waals surface area contributed by atoms with E-state index in [-0.39, 0.29) is 23.8 Å². The Hall–Kier alpha value is -2.09. The summed E-state index contributed by atoms with van der Waals surface area (Å²) in [6.45, 7) is 5.06. The van der Waals surface area contributed by atoms with Crippen molar-refractivity contribution in [2.45, 2.75) is 57.0 Å². The van der Waals surface area contributed by atoms with Crippen molar-refractivity contribution in [3.8, 4) is 0 Å². The third-order valence-electron chi connectivity index (χ3n) is 4.03. The first-order chi connectivity index (χ1) is 14.7. The van der Waals surface area contributed by atoms with E-state index in [0.717, 1.165) is 18.3 Å². The maximum atomic E-state index is 12.6. The number of aromatic nitrogens is 2. The molecule has 0 amide bonds. The number of hydrogen-bond donors (Lipinski definition) is 2. The molecule has 0 aliphatic carbocycles. The lowest BCUT2D eigenvalue weighted by molar-refractivity contribution is -0.141. The lowest BCUT2D eigenvalue weighted by Gasteiger charge is -2.14. The fraction of sp³-hybridized carbons (Fsp3) is 0.474. The van der Waals surface area contributed by atoms with E-state index >= 15 is 0 Å². The van der Waals surface area contributed by atoms with Gasteiger partial charge >= 0.3 is 6.18 Å². The molecule has 2 heterocycles. The molecule has 0 spiro atoms. The highest BCUT2D eigenvalue weighted by molar-refractivity contribution is 7.89. The summed E-state index contributed by atoms with van der Waals surface area (Å²) in [4.78, 5) is 7.44. The first-order valence-corrected chi connectivity index (χ1v) is 12.9. The number of halogens is 3. The topological polar surface area (TPSA) is 118 Å². The van der Waals surface area contributed by atoms with Gasteiger partial charge in [-0.15, -0.1) is 0 Å². The van der Waals surface area contributed by atoms with Crippen LogP contribution in [0.3, 0.4) is 0 Å². The summed E-state index contributed by atoms with van der Waals surface area (Å²) in [5.41, 5.74) is 0.0676. The zero-order valence-electron chi connectivity index (χ0n) is 17.7. The molecule has 0 saturated carbocycles. The quantitative estimate of drug-likeness (QED) is 0.524. The minimum Gasteiger partial charge on any atom is -0.261 e. The van der Waals surface area contributed by atoms with E-state index < -0.39 is 43.7 Å². The zero-order valence-corrected chi connectivity index (χ0v) is 19.4. The van der Waals surface area contributed by atoms with Crippen molar-refractivity contribution in [2.75, 3.05) is 0 Å². The number of nitrogens with one attached hydrogen (secondary N) is 2. The Morgan fingerprint density at radius 1 is 0.844 bits per heavy atom. The van der Waals surface area contributed by atoms with Crippen LogP contribution in [-0.2, 0) is 44.1 Å². The van der Waals surface area contributed by atoms with Gasteiger partial charge in [0.05, 0.1) is 11.5 Å². The van der Waals surface area contributed by atoms with Gasteiger partial charge in [0, 0.05) is 36.6 Å². The molecule has 0 fully saturated rings. The molecule has 0 radical (unpaired) electrons. The van der Waals surface area contributed by atoms with E-state index in [1.54, 1.807) is 32.9 Å². The Bertz CT molecular complexity index is 1100. The van der Waals surface area contributed by atoms with E-state index in [1.165, 1.54) is 6.20 Å². The number of alkyl halides is 3. The lowest BCUT2D eigenvalue weighted by atomic mass is 10.1. The molecule has 178 valence electrons. The fourth-order valence-corrected chi connectivity index (χ4v) is 5.68. The highest BCUT2D eigenvalue weighted by Crippen LogP contribution is 2.27. The number of sulfonamides is 2. The van der Waals surface area contributed by atoms with E-state index in [1.807, 2.05) is 0 Å². The van der Waals surface area contributed by atoms with Gasteiger partial charge in [-0.3, -0.25) is 9.97 Å². The maximum absolute atomic E-state index is 12.6. The standard InChI is InChI=1S/C19H25F3N4O4S2/c1-13(2)25-31(27,28)11-15-4-6-17(23-9-15)8-14(3)26-32(29,30)12-16-5-7-18(24-10-16)19(20,21)22/h4-7,9-10,13-14,25-26H,8,11-12H2,1-3H3. The molecular formula is C19H25F3N4O4S2. The summed E-state index contributed by atoms with van der Waals surface area (Å²) in [6, 6.07) is 4.26. The van der Waals surface area contributed by atoms with Crippen molar-refractivity contribution >= 4 is 20.0 Å². The first kappa shape index (κ1) is 26.2. The van der Waals surface area contributed by atoms with Crippen LogP contribution in [0.4, 0.5) is 13.2 Å². The number of rotatable bonds is 10. The summed E-state index contributed by atoms with van der Waals surface area (Å²) >= 11 is 0. The Morgan fingerprint density at radius 3 is 1.81 bits per heavy atom. The fourth-order valence-electron chi connectivity index (χ4n) is 2.88. The molecule has 0 saturated heterocycles. The highest BCUT2D eigenvalue weighted by atomic mass is 32.2. The van der Waals surface area contributed by atoms with Gasteiger partial charge in [0.15, 0.2) is 0 Å². The second-order valence-electron chi connectivity index (χ2n) is 7.72. The summed E-state index contributed by atoms with van der Waals surface area (Å²) in [5, 5.41) is 0. The van der Waals surface area contributed by atoms with Crippen LogP contribution in [0.5, 0.6) is 0 Å². The second-order valence-corrected chi connectivity index (χ2v) is 11.2. The van der Waals surface area contributed by atoms with Crippen LogP contribution in [-0.4, -0.2) is 38.9 Å². The normalized spacial score (nSPS) is 14.0. The summed E-state index contributed by atoms with van der Waals surface area (Å²) in [7, 11) is -7.32. The van der Waals surface area contributed by atoms with Crippen molar-refractivity contribution in [1.82, 2.24) is 19.4 Å². The molecule has 1 atom stereocenters. The smallest absolute Gasteiger partial charge is 0.261 e. The predicted octanol–water partition coefficient (Wildman–Crippen LogP) is 2.37. The molecule has 32 heavy (non-hydrogen) atoms. The van der Waals surface area contributed by atoms with E-state index in [0.29, 0.717) is 11.3 Å². The Kier molecular flexibility index (Phi) is 8.37. The lowest BCUT2D eigenvalue weighted by Crippen LogP contribution is -2.35. The molecule has 2 N–H and O–H groups in total. The van der Waals surface area contributed by atoms with E-state index in [9.17, 15) is 30.0 Å². The second kappa shape index (κ2) is 10.2. The molecule has 1 unspecified atom stereocenters. The van der Waals surface area contributed by atoms with Crippen LogP contribution < -0.4 is 9.44 Å². The van der Waals surface area contributed by atoms with Crippen molar-refractivity contribution in [3.05, 3.63) is 59.2 Å².